The summed E-state index contributed by atoms with van der Waals surface area (Å²) in [7, 11) is 1.66. The van der Waals surface area contributed by atoms with E-state index in [9.17, 15) is 10.2 Å². The van der Waals surface area contributed by atoms with Crippen molar-refractivity contribution >= 4 is 0 Å². The molecule has 0 bridgehead atoms. The molecule has 1 aromatic rings. The first-order chi connectivity index (χ1) is 13.1. The van der Waals surface area contributed by atoms with Gasteiger partial charge in [0, 0.05) is 26.2 Å². The van der Waals surface area contributed by atoms with Crippen LogP contribution in [0.2, 0.25) is 0 Å². The van der Waals surface area contributed by atoms with Gasteiger partial charge in [0.05, 0.1) is 13.2 Å². The molecule has 152 valence electrons. The molecule has 0 aromatic heterocycles. The summed E-state index contributed by atoms with van der Waals surface area (Å²) < 4.78 is 11.3. The maximum atomic E-state index is 10.3. The van der Waals surface area contributed by atoms with Crippen LogP contribution >= 0.6 is 0 Å². The molecular formula is C21H34N2O4. The molecule has 3 rings (SSSR count). The molecule has 2 aliphatic heterocycles. The van der Waals surface area contributed by atoms with Gasteiger partial charge in [-0.2, -0.15) is 0 Å². The van der Waals surface area contributed by atoms with Crippen molar-refractivity contribution in [1.29, 1.82) is 0 Å². The Kier molecular flexibility index (Phi) is 7.76. The van der Waals surface area contributed by atoms with E-state index in [1.807, 2.05) is 12.1 Å². The molecular weight excluding hydrogens is 344 g/mol. The van der Waals surface area contributed by atoms with Crippen molar-refractivity contribution in [3.8, 4) is 11.5 Å². The van der Waals surface area contributed by atoms with E-state index in [1.165, 1.54) is 37.9 Å². The van der Waals surface area contributed by atoms with E-state index < -0.39 is 6.10 Å². The van der Waals surface area contributed by atoms with Crippen LogP contribution in [0.4, 0.5) is 0 Å². The molecule has 0 aliphatic carbocycles. The van der Waals surface area contributed by atoms with Crippen molar-refractivity contribution in [1.82, 2.24) is 9.80 Å². The van der Waals surface area contributed by atoms with Crippen LogP contribution in [0.1, 0.15) is 37.7 Å². The van der Waals surface area contributed by atoms with Crippen LogP contribution in [0, 0.1) is 0 Å². The summed E-state index contributed by atoms with van der Waals surface area (Å²) in [5.41, 5.74) is 1.23. The van der Waals surface area contributed by atoms with Crippen LogP contribution in [0.25, 0.3) is 0 Å². The van der Waals surface area contributed by atoms with Gasteiger partial charge in [-0.25, -0.2) is 0 Å². The van der Waals surface area contributed by atoms with Gasteiger partial charge in [-0.15, -0.1) is 0 Å². The predicted molar refractivity (Wildman–Crippen MR) is 105 cm³/mol. The normalized spacial score (nSPS) is 21.1. The number of benzene rings is 1. The Balaban J connectivity index is 1.48. The summed E-state index contributed by atoms with van der Waals surface area (Å²) in [6.45, 7) is 5.74. The van der Waals surface area contributed by atoms with Gasteiger partial charge in [0.2, 0.25) is 0 Å². The second kappa shape index (κ2) is 10.3. The fraction of sp³-hybridized carbons (Fsp3) is 0.714. The molecule has 2 N–H and O–H groups in total. The van der Waals surface area contributed by atoms with Crippen molar-refractivity contribution < 1.29 is 19.7 Å². The third-order valence-corrected chi connectivity index (χ3v) is 5.54. The molecule has 2 fully saturated rings. The lowest BCUT2D eigenvalue weighted by Gasteiger charge is -2.31. The molecule has 2 heterocycles. The number of ether oxygens (including phenoxy) is 2. The number of rotatable bonds is 8. The van der Waals surface area contributed by atoms with Crippen LogP contribution in [0.5, 0.6) is 11.5 Å². The zero-order valence-electron chi connectivity index (χ0n) is 16.5. The maximum Gasteiger partial charge on any atom is 0.161 e. The second-order valence-electron chi connectivity index (χ2n) is 7.82. The Morgan fingerprint density at radius 3 is 2.48 bits per heavy atom. The molecule has 0 saturated carbocycles. The average molecular weight is 379 g/mol. The lowest BCUT2D eigenvalue weighted by atomic mass is 10.1. The summed E-state index contributed by atoms with van der Waals surface area (Å²) in [5.74, 6) is 1.39. The molecule has 0 amide bonds. The van der Waals surface area contributed by atoms with E-state index in [-0.39, 0.29) is 12.7 Å². The highest BCUT2D eigenvalue weighted by molar-refractivity contribution is 5.43. The van der Waals surface area contributed by atoms with Gasteiger partial charge in [0.15, 0.2) is 11.5 Å². The quantitative estimate of drug-likeness (QED) is 0.720. The van der Waals surface area contributed by atoms with Crippen LogP contribution in [-0.4, -0.2) is 78.7 Å². The van der Waals surface area contributed by atoms with Gasteiger partial charge in [-0.3, -0.25) is 4.90 Å². The number of nitrogens with zero attached hydrogens (tertiary/aromatic N) is 2. The van der Waals surface area contributed by atoms with Crippen LogP contribution in [-0.2, 0) is 6.54 Å². The van der Waals surface area contributed by atoms with Crippen LogP contribution in [0.3, 0.4) is 0 Å². The van der Waals surface area contributed by atoms with E-state index in [1.54, 1.807) is 7.11 Å². The molecule has 27 heavy (non-hydrogen) atoms. The Hall–Kier alpha value is -1.34. The highest BCUT2D eigenvalue weighted by Gasteiger charge is 2.20. The van der Waals surface area contributed by atoms with Crippen LogP contribution in [0.15, 0.2) is 18.2 Å². The minimum absolute atomic E-state index is 0.192. The smallest absolute Gasteiger partial charge is 0.161 e. The zero-order valence-corrected chi connectivity index (χ0v) is 16.5. The van der Waals surface area contributed by atoms with Crippen molar-refractivity contribution in [3.63, 3.8) is 0 Å². The summed E-state index contributed by atoms with van der Waals surface area (Å²) in [6, 6.07) is 6.08. The van der Waals surface area contributed by atoms with Gasteiger partial charge < -0.3 is 24.6 Å². The Bertz CT molecular complexity index is 569. The number of β-amino-alcohol motifs (C(OH)–C–C–N with tert-alkyl or cyclic N) is 1. The topological polar surface area (TPSA) is 65.4 Å². The molecule has 2 aliphatic rings. The summed E-state index contributed by atoms with van der Waals surface area (Å²) >= 11 is 0. The number of aliphatic hydroxyl groups is 2. The van der Waals surface area contributed by atoms with Crippen molar-refractivity contribution in [2.24, 2.45) is 0 Å². The summed E-state index contributed by atoms with van der Waals surface area (Å²) in [5, 5.41) is 19.9. The summed E-state index contributed by atoms with van der Waals surface area (Å²) in [4.78, 5) is 4.66. The number of piperidine rings is 2. The molecule has 0 radical (unpaired) electrons. The minimum Gasteiger partial charge on any atom is -0.493 e. The lowest BCUT2D eigenvalue weighted by Crippen LogP contribution is -2.41. The van der Waals surface area contributed by atoms with E-state index >= 15 is 0 Å². The number of methoxy groups -OCH3 is 1. The van der Waals surface area contributed by atoms with Crippen molar-refractivity contribution in [3.05, 3.63) is 23.8 Å². The molecule has 6 nitrogen and oxygen atoms in total. The van der Waals surface area contributed by atoms with E-state index in [0.717, 1.165) is 38.2 Å². The molecule has 2 saturated heterocycles. The molecule has 1 aromatic carbocycles. The fourth-order valence-electron chi connectivity index (χ4n) is 3.94. The van der Waals surface area contributed by atoms with Gasteiger partial charge >= 0.3 is 0 Å². The molecule has 6 heteroatoms. The maximum absolute atomic E-state index is 10.3. The predicted octanol–water partition coefficient (Wildman–Crippen LogP) is 1.88. The van der Waals surface area contributed by atoms with E-state index in [2.05, 4.69) is 15.9 Å². The minimum atomic E-state index is -0.557. The van der Waals surface area contributed by atoms with Crippen molar-refractivity contribution in [2.45, 2.75) is 50.9 Å². The van der Waals surface area contributed by atoms with Gasteiger partial charge in [0.25, 0.3) is 0 Å². The fourth-order valence-corrected chi connectivity index (χ4v) is 3.94. The SMILES string of the molecule is COc1cc(CN2CCCCC2)ccc1OCC(O)CN1CCC(O)CC1. The van der Waals surface area contributed by atoms with Crippen LogP contribution < -0.4 is 9.47 Å². The third-order valence-electron chi connectivity index (χ3n) is 5.54. The standard InChI is InChI=1S/C21H34N2O4/c1-26-21-13-17(14-22-9-3-2-4-10-22)5-6-20(21)27-16-19(25)15-23-11-7-18(24)8-12-23/h5-6,13,18-19,24-25H,2-4,7-12,14-16H2,1H3. The van der Waals surface area contributed by atoms with Crippen molar-refractivity contribution in [2.75, 3.05) is 46.4 Å². The van der Waals surface area contributed by atoms with Gasteiger partial charge in [-0.05, 0) is 56.5 Å². The highest BCUT2D eigenvalue weighted by atomic mass is 16.5. The number of likely N-dealkylation sites (tertiary alicyclic amines) is 2. The average Bonchev–Trinajstić information content (AvgIpc) is 2.69. The van der Waals surface area contributed by atoms with Gasteiger partial charge in [-0.1, -0.05) is 12.5 Å². The Morgan fingerprint density at radius 2 is 1.78 bits per heavy atom. The number of hydrogen-bond acceptors (Lipinski definition) is 6. The first kappa shape index (κ1) is 20.4. The Morgan fingerprint density at radius 1 is 1.04 bits per heavy atom. The molecule has 1 unspecified atom stereocenters. The van der Waals surface area contributed by atoms with E-state index in [4.69, 9.17) is 9.47 Å². The largest absolute Gasteiger partial charge is 0.493 e. The second-order valence-corrected chi connectivity index (χ2v) is 7.82. The number of aliphatic hydroxyl groups excluding tert-OH is 2. The zero-order chi connectivity index (χ0) is 19.1. The molecule has 1 atom stereocenters. The highest BCUT2D eigenvalue weighted by Crippen LogP contribution is 2.29. The first-order valence-corrected chi connectivity index (χ1v) is 10.2. The lowest BCUT2D eigenvalue weighted by molar-refractivity contribution is 0.0333. The van der Waals surface area contributed by atoms with Gasteiger partial charge in [0.1, 0.15) is 12.7 Å². The summed E-state index contributed by atoms with van der Waals surface area (Å²) in [6.07, 6.45) is 4.71. The number of hydrogen-bond donors (Lipinski definition) is 2. The van der Waals surface area contributed by atoms with E-state index in [0.29, 0.717) is 12.3 Å². The first-order valence-electron chi connectivity index (χ1n) is 10.2. The third kappa shape index (κ3) is 6.35. The monoisotopic (exact) mass is 378 g/mol. The Labute approximate surface area is 162 Å². The molecule has 0 spiro atoms.